The van der Waals surface area contributed by atoms with Crippen LogP contribution < -0.4 is 15.8 Å². The van der Waals surface area contributed by atoms with E-state index in [1.54, 1.807) is 0 Å². The standard InChI is InChI=1S/C12H18Br2N2O/c1-2-17-12-10(13)6-9(7-11(12)14)8-16-5-3-4-15/h6-7,16H,2-5,8,15H2,1H3. The molecule has 0 saturated carbocycles. The van der Waals surface area contributed by atoms with E-state index < -0.39 is 0 Å². The first-order chi connectivity index (χ1) is 8.19. The highest BCUT2D eigenvalue weighted by atomic mass is 79.9. The maximum absolute atomic E-state index is 5.53. The highest BCUT2D eigenvalue weighted by molar-refractivity contribution is 9.11. The Balaban J connectivity index is 2.63. The average Bonchev–Trinajstić information content (AvgIpc) is 2.29. The van der Waals surface area contributed by atoms with Gasteiger partial charge in [-0.1, -0.05) is 0 Å². The van der Waals surface area contributed by atoms with Crippen molar-refractivity contribution in [2.45, 2.75) is 19.9 Å². The minimum atomic E-state index is 0.658. The van der Waals surface area contributed by atoms with Crippen molar-refractivity contribution < 1.29 is 4.74 Å². The molecule has 96 valence electrons. The Morgan fingerprint density at radius 3 is 2.47 bits per heavy atom. The van der Waals surface area contributed by atoms with E-state index in [2.05, 4.69) is 49.3 Å². The van der Waals surface area contributed by atoms with Gasteiger partial charge in [0, 0.05) is 6.54 Å². The molecule has 0 radical (unpaired) electrons. The van der Waals surface area contributed by atoms with Gasteiger partial charge in [0.25, 0.3) is 0 Å². The molecule has 0 amide bonds. The maximum Gasteiger partial charge on any atom is 0.147 e. The Morgan fingerprint density at radius 2 is 1.94 bits per heavy atom. The smallest absolute Gasteiger partial charge is 0.147 e. The van der Waals surface area contributed by atoms with Crippen LogP contribution in [0, 0.1) is 0 Å². The molecule has 3 N–H and O–H groups in total. The Morgan fingerprint density at radius 1 is 1.29 bits per heavy atom. The topological polar surface area (TPSA) is 47.3 Å². The lowest BCUT2D eigenvalue weighted by Gasteiger charge is -2.11. The van der Waals surface area contributed by atoms with Gasteiger partial charge in [0.15, 0.2) is 0 Å². The summed E-state index contributed by atoms with van der Waals surface area (Å²) in [4.78, 5) is 0. The third-order valence-electron chi connectivity index (χ3n) is 2.23. The summed E-state index contributed by atoms with van der Waals surface area (Å²) in [7, 11) is 0. The van der Waals surface area contributed by atoms with Crippen LogP contribution in [0.25, 0.3) is 0 Å². The Kier molecular flexibility index (Phi) is 7.11. The molecule has 1 aromatic rings. The van der Waals surface area contributed by atoms with Gasteiger partial charge in [0.1, 0.15) is 5.75 Å². The summed E-state index contributed by atoms with van der Waals surface area (Å²) in [5.41, 5.74) is 6.65. The SMILES string of the molecule is CCOc1c(Br)cc(CNCCCN)cc1Br. The number of ether oxygens (including phenoxy) is 1. The first kappa shape index (κ1) is 15.0. The summed E-state index contributed by atoms with van der Waals surface area (Å²) in [6.45, 7) is 5.14. The molecule has 0 saturated heterocycles. The molecule has 0 spiro atoms. The predicted octanol–water partition coefficient (Wildman–Crippen LogP) is 3.05. The van der Waals surface area contributed by atoms with Crippen LogP contribution in [0.2, 0.25) is 0 Å². The lowest BCUT2D eigenvalue weighted by molar-refractivity contribution is 0.336. The zero-order valence-electron chi connectivity index (χ0n) is 9.93. The largest absolute Gasteiger partial charge is 0.492 e. The van der Waals surface area contributed by atoms with Gasteiger partial charge < -0.3 is 15.8 Å². The van der Waals surface area contributed by atoms with Crippen LogP contribution in [0.4, 0.5) is 0 Å². The van der Waals surface area contributed by atoms with Crippen molar-refractivity contribution in [2.24, 2.45) is 5.73 Å². The first-order valence-corrected chi connectivity index (χ1v) is 7.29. The van der Waals surface area contributed by atoms with Crippen molar-refractivity contribution >= 4 is 31.9 Å². The summed E-state index contributed by atoms with van der Waals surface area (Å²) in [5, 5.41) is 3.35. The van der Waals surface area contributed by atoms with E-state index in [0.717, 1.165) is 40.8 Å². The monoisotopic (exact) mass is 364 g/mol. The maximum atomic E-state index is 5.53. The van der Waals surface area contributed by atoms with E-state index in [0.29, 0.717) is 6.61 Å². The van der Waals surface area contributed by atoms with Crippen molar-refractivity contribution in [3.63, 3.8) is 0 Å². The molecule has 3 nitrogen and oxygen atoms in total. The average molecular weight is 366 g/mol. The van der Waals surface area contributed by atoms with Gasteiger partial charge in [-0.15, -0.1) is 0 Å². The fourth-order valence-electron chi connectivity index (χ4n) is 1.46. The van der Waals surface area contributed by atoms with Crippen molar-refractivity contribution in [3.8, 4) is 5.75 Å². The molecule has 17 heavy (non-hydrogen) atoms. The molecule has 0 atom stereocenters. The molecule has 0 bridgehead atoms. The number of nitrogens with two attached hydrogens (primary N) is 1. The molecule has 1 rings (SSSR count). The molecule has 0 aliphatic rings. The molecule has 0 fully saturated rings. The second-order valence-electron chi connectivity index (χ2n) is 3.64. The summed E-state index contributed by atoms with van der Waals surface area (Å²) in [6, 6.07) is 4.15. The van der Waals surface area contributed by atoms with Gasteiger partial charge in [-0.25, -0.2) is 0 Å². The fraction of sp³-hybridized carbons (Fsp3) is 0.500. The van der Waals surface area contributed by atoms with Crippen molar-refractivity contribution in [3.05, 3.63) is 26.6 Å². The lowest BCUT2D eigenvalue weighted by Crippen LogP contribution is -2.17. The molecule has 0 aliphatic carbocycles. The van der Waals surface area contributed by atoms with Gasteiger partial charge in [-0.3, -0.25) is 0 Å². The highest BCUT2D eigenvalue weighted by Crippen LogP contribution is 2.34. The van der Waals surface area contributed by atoms with E-state index in [1.165, 1.54) is 5.56 Å². The van der Waals surface area contributed by atoms with Crippen LogP contribution in [-0.4, -0.2) is 19.7 Å². The Hall–Kier alpha value is -0.100. The second kappa shape index (κ2) is 8.08. The molecule has 0 unspecified atom stereocenters. The van der Waals surface area contributed by atoms with E-state index in [9.17, 15) is 0 Å². The number of nitrogens with one attached hydrogen (secondary N) is 1. The molecular formula is C12H18Br2N2O. The molecule has 5 heteroatoms. The van der Waals surface area contributed by atoms with Crippen LogP contribution in [0.1, 0.15) is 18.9 Å². The molecule has 0 heterocycles. The van der Waals surface area contributed by atoms with Crippen molar-refractivity contribution in [2.75, 3.05) is 19.7 Å². The zero-order chi connectivity index (χ0) is 12.7. The van der Waals surface area contributed by atoms with E-state index in [4.69, 9.17) is 10.5 Å². The van der Waals surface area contributed by atoms with E-state index in [-0.39, 0.29) is 0 Å². The van der Waals surface area contributed by atoms with Crippen molar-refractivity contribution in [1.29, 1.82) is 0 Å². The minimum Gasteiger partial charge on any atom is -0.492 e. The van der Waals surface area contributed by atoms with Gasteiger partial charge in [0.05, 0.1) is 15.6 Å². The van der Waals surface area contributed by atoms with Crippen LogP contribution in [0.5, 0.6) is 5.75 Å². The third-order valence-corrected chi connectivity index (χ3v) is 3.41. The third kappa shape index (κ3) is 4.95. The Bertz CT molecular complexity index is 335. The summed E-state index contributed by atoms with van der Waals surface area (Å²) in [6.07, 6.45) is 0.999. The first-order valence-electron chi connectivity index (χ1n) is 5.70. The van der Waals surface area contributed by atoms with Crippen LogP contribution >= 0.6 is 31.9 Å². The predicted molar refractivity (Wildman–Crippen MR) is 78.4 cm³/mol. The summed E-state index contributed by atoms with van der Waals surface area (Å²) in [5.74, 6) is 0.859. The minimum absolute atomic E-state index is 0.658. The van der Waals surface area contributed by atoms with Gasteiger partial charge in [-0.05, 0) is 76.0 Å². The highest BCUT2D eigenvalue weighted by Gasteiger charge is 2.08. The Labute approximate surface area is 119 Å². The number of hydrogen-bond donors (Lipinski definition) is 2. The van der Waals surface area contributed by atoms with Crippen LogP contribution in [-0.2, 0) is 6.54 Å². The normalized spacial score (nSPS) is 10.6. The van der Waals surface area contributed by atoms with Gasteiger partial charge in [-0.2, -0.15) is 0 Å². The number of benzene rings is 1. The molecule has 1 aromatic carbocycles. The quantitative estimate of drug-likeness (QED) is 0.730. The second-order valence-corrected chi connectivity index (χ2v) is 5.35. The fourth-order valence-corrected chi connectivity index (χ4v) is 2.97. The molecular weight excluding hydrogens is 348 g/mol. The zero-order valence-corrected chi connectivity index (χ0v) is 13.1. The number of rotatable bonds is 7. The van der Waals surface area contributed by atoms with Crippen molar-refractivity contribution in [1.82, 2.24) is 5.32 Å². The molecule has 0 aliphatic heterocycles. The number of halogens is 2. The van der Waals surface area contributed by atoms with E-state index in [1.807, 2.05) is 6.92 Å². The van der Waals surface area contributed by atoms with Gasteiger partial charge >= 0.3 is 0 Å². The lowest BCUT2D eigenvalue weighted by atomic mass is 10.2. The number of hydrogen-bond acceptors (Lipinski definition) is 3. The van der Waals surface area contributed by atoms with Crippen LogP contribution in [0.15, 0.2) is 21.1 Å². The van der Waals surface area contributed by atoms with Gasteiger partial charge in [0.2, 0.25) is 0 Å². The van der Waals surface area contributed by atoms with E-state index >= 15 is 0 Å². The summed E-state index contributed by atoms with van der Waals surface area (Å²) >= 11 is 7.04. The van der Waals surface area contributed by atoms with Crippen LogP contribution in [0.3, 0.4) is 0 Å². The molecule has 0 aromatic heterocycles. The summed E-state index contributed by atoms with van der Waals surface area (Å²) < 4.78 is 7.49.